The molecule has 4 heteroatoms. The Balaban J connectivity index is 1.96. The van der Waals surface area contributed by atoms with E-state index in [9.17, 15) is 4.79 Å². The molecule has 0 radical (unpaired) electrons. The monoisotopic (exact) mass is 326 g/mol. The quantitative estimate of drug-likeness (QED) is 0.799. The highest BCUT2D eigenvalue weighted by Gasteiger charge is 2.15. The van der Waals surface area contributed by atoms with E-state index in [4.69, 9.17) is 4.74 Å². The predicted octanol–water partition coefficient (Wildman–Crippen LogP) is 3.93. The molecule has 128 valence electrons. The zero-order valence-corrected chi connectivity index (χ0v) is 14.7. The van der Waals surface area contributed by atoms with Crippen LogP contribution < -0.4 is 10.1 Å². The number of hydrogen-bond donors (Lipinski definition) is 1. The molecule has 2 rings (SSSR count). The molecule has 2 aromatic rings. The number of amides is 1. The summed E-state index contributed by atoms with van der Waals surface area (Å²) in [6.07, 6.45) is -0.557. The minimum absolute atomic E-state index is 0.154. The third-order valence-corrected chi connectivity index (χ3v) is 3.92. The fourth-order valence-electron chi connectivity index (χ4n) is 2.45. The van der Waals surface area contributed by atoms with Crippen molar-refractivity contribution in [3.8, 4) is 5.75 Å². The molecule has 0 aliphatic heterocycles. The summed E-state index contributed by atoms with van der Waals surface area (Å²) in [5, 5.41) is 2.93. The summed E-state index contributed by atoms with van der Waals surface area (Å²) in [4.78, 5) is 14.7. The van der Waals surface area contributed by atoms with E-state index in [0.717, 1.165) is 25.3 Å². The standard InChI is InChI=1S/C20H26N2O2/c1-4-22(5-2)15-17-10-9-11-18(14-17)21-20(23)16(3)24-19-12-7-6-8-13-19/h6-14,16H,4-5,15H2,1-3H3,(H,21,23). The van der Waals surface area contributed by atoms with Crippen LogP contribution in [0.4, 0.5) is 5.69 Å². The van der Waals surface area contributed by atoms with Gasteiger partial charge in [-0.3, -0.25) is 9.69 Å². The van der Waals surface area contributed by atoms with E-state index >= 15 is 0 Å². The number of hydrogen-bond acceptors (Lipinski definition) is 3. The summed E-state index contributed by atoms with van der Waals surface area (Å²) in [6.45, 7) is 8.95. The van der Waals surface area contributed by atoms with Gasteiger partial charge in [0.05, 0.1) is 0 Å². The maximum absolute atomic E-state index is 12.3. The highest BCUT2D eigenvalue weighted by molar-refractivity contribution is 5.94. The fraction of sp³-hybridized carbons (Fsp3) is 0.350. The van der Waals surface area contributed by atoms with Crippen LogP contribution >= 0.6 is 0 Å². The summed E-state index contributed by atoms with van der Waals surface area (Å²) in [7, 11) is 0. The van der Waals surface area contributed by atoms with E-state index in [-0.39, 0.29) is 5.91 Å². The second-order valence-corrected chi connectivity index (χ2v) is 5.72. The summed E-state index contributed by atoms with van der Waals surface area (Å²) in [5.41, 5.74) is 1.99. The lowest BCUT2D eigenvalue weighted by Crippen LogP contribution is -2.30. The molecule has 0 fully saturated rings. The number of anilines is 1. The molecule has 4 nitrogen and oxygen atoms in total. The Morgan fingerprint density at radius 1 is 1.08 bits per heavy atom. The van der Waals surface area contributed by atoms with Crippen molar-refractivity contribution in [2.24, 2.45) is 0 Å². The van der Waals surface area contributed by atoms with Crippen molar-refractivity contribution < 1.29 is 9.53 Å². The van der Waals surface area contributed by atoms with Crippen LogP contribution in [-0.2, 0) is 11.3 Å². The Morgan fingerprint density at radius 2 is 1.79 bits per heavy atom. The third-order valence-electron chi connectivity index (χ3n) is 3.92. The van der Waals surface area contributed by atoms with Crippen LogP contribution in [0.1, 0.15) is 26.3 Å². The minimum Gasteiger partial charge on any atom is -0.481 e. The van der Waals surface area contributed by atoms with Crippen molar-refractivity contribution in [3.63, 3.8) is 0 Å². The normalized spacial score (nSPS) is 12.0. The summed E-state index contributed by atoms with van der Waals surface area (Å²) < 4.78 is 5.66. The van der Waals surface area contributed by atoms with Crippen LogP contribution in [0.2, 0.25) is 0 Å². The maximum atomic E-state index is 12.3. The first-order valence-corrected chi connectivity index (χ1v) is 8.46. The average molecular weight is 326 g/mol. The molecular weight excluding hydrogens is 300 g/mol. The van der Waals surface area contributed by atoms with Crippen molar-refractivity contribution >= 4 is 11.6 Å². The van der Waals surface area contributed by atoms with Crippen molar-refractivity contribution in [1.82, 2.24) is 4.90 Å². The summed E-state index contributed by atoms with van der Waals surface area (Å²) >= 11 is 0. The molecule has 0 heterocycles. The molecule has 0 aliphatic carbocycles. The average Bonchev–Trinajstić information content (AvgIpc) is 2.60. The van der Waals surface area contributed by atoms with E-state index < -0.39 is 6.10 Å². The molecule has 0 spiro atoms. The Bertz CT molecular complexity index is 639. The van der Waals surface area contributed by atoms with Crippen molar-refractivity contribution in [3.05, 3.63) is 60.2 Å². The van der Waals surface area contributed by atoms with Gasteiger partial charge in [0.25, 0.3) is 5.91 Å². The van der Waals surface area contributed by atoms with Crippen molar-refractivity contribution in [2.45, 2.75) is 33.4 Å². The molecule has 0 saturated heterocycles. The molecule has 1 unspecified atom stereocenters. The Kier molecular flexibility index (Phi) is 6.82. The van der Waals surface area contributed by atoms with E-state index in [1.54, 1.807) is 6.92 Å². The van der Waals surface area contributed by atoms with Gasteiger partial charge in [-0.25, -0.2) is 0 Å². The summed E-state index contributed by atoms with van der Waals surface area (Å²) in [5.74, 6) is 0.536. The minimum atomic E-state index is -0.557. The molecule has 24 heavy (non-hydrogen) atoms. The van der Waals surface area contributed by atoms with Crippen LogP contribution in [0.5, 0.6) is 5.75 Å². The molecule has 1 amide bonds. The number of nitrogens with zero attached hydrogens (tertiary/aromatic N) is 1. The van der Waals surface area contributed by atoms with Crippen LogP contribution in [0.15, 0.2) is 54.6 Å². The molecule has 0 aliphatic rings. The second kappa shape index (κ2) is 9.08. The van der Waals surface area contributed by atoms with E-state index in [1.165, 1.54) is 5.56 Å². The van der Waals surface area contributed by atoms with Gasteiger partial charge in [0.1, 0.15) is 5.75 Å². The first-order chi connectivity index (χ1) is 11.6. The zero-order valence-electron chi connectivity index (χ0n) is 14.7. The van der Waals surface area contributed by atoms with Crippen molar-refractivity contribution in [1.29, 1.82) is 0 Å². The van der Waals surface area contributed by atoms with E-state index in [0.29, 0.717) is 5.75 Å². The molecule has 0 bridgehead atoms. The second-order valence-electron chi connectivity index (χ2n) is 5.72. The largest absolute Gasteiger partial charge is 0.481 e. The lowest BCUT2D eigenvalue weighted by Gasteiger charge is -2.19. The molecule has 0 aromatic heterocycles. The van der Waals surface area contributed by atoms with Crippen LogP contribution in [0.3, 0.4) is 0 Å². The van der Waals surface area contributed by atoms with Crippen LogP contribution in [-0.4, -0.2) is 30.0 Å². The maximum Gasteiger partial charge on any atom is 0.265 e. The molecule has 0 saturated carbocycles. The smallest absolute Gasteiger partial charge is 0.265 e. The van der Waals surface area contributed by atoms with Gasteiger partial charge in [-0.1, -0.05) is 44.2 Å². The van der Waals surface area contributed by atoms with Crippen LogP contribution in [0, 0.1) is 0 Å². The first-order valence-electron chi connectivity index (χ1n) is 8.46. The number of carbonyl (C=O) groups excluding carboxylic acids is 1. The fourth-order valence-corrected chi connectivity index (χ4v) is 2.45. The van der Waals surface area contributed by atoms with Crippen molar-refractivity contribution in [2.75, 3.05) is 18.4 Å². The zero-order chi connectivity index (χ0) is 17.4. The lowest BCUT2D eigenvalue weighted by molar-refractivity contribution is -0.122. The van der Waals surface area contributed by atoms with Gasteiger partial charge in [-0.05, 0) is 49.8 Å². The van der Waals surface area contributed by atoms with Crippen LogP contribution in [0.25, 0.3) is 0 Å². The Hall–Kier alpha value is -2.33. The Morgan fingerprint density at radius 3 is 2.46 bits per heavy atom. The first kappa shape index (κ1) is 18.0. The SMILES string of the molecule is CCN(CC)Cc1cccc(NC(=O)C(C)Oc2ccccc2)c1. The number of ether oxygens (including phenoxy) is 1. The molecule has 2 aromatic carbocycles. The summed E-state index contributed by atoms with van der Waals surface area (Å²) in [6, 6.07) is 17.3. The van der Waals surface area contributed by atoms with Gasteiger partial charge in [0.15, 0.2) is 6.10 Å². The predicted molar refractivity (Wildman–Crippen MR) is 98.2 cm³/mol. The number of rotatable bonds is 8. The van der Waals surface area contributed by atoms with Gasteiger partial charge in [-0.15, -0.1) is 0 Å². The number of para-hydroxylation sites is 1. The molecular formula is C20H26N2O2. The van der Waals surface area contributed by atoms with Gasteiger partial charge in [0, 0.05) is 12.2 Å². The number of benzene rings is 2. The van der Waals surface area contributed by atoms with Gasteiger partial charge in [0.2, 0.25) is 0 Å². The number of nitrogens with one attached hydrogen (secondary N) is 1. The Labute approximate surface area is 144 Å². The molecule has 1 atom stereocenters. The highest BCUT2D eigenvalue weighted by Crippen LogP contribution is 2.15. The van der Waals surface area contributed by atoms with Gasteiger partial charge >= 0.3 is 0 Å². The van der Waals surface area contributed by atoms with E-state index in [1.807, 2.05) is 48.5 Å². The number of carbonyl (C=O) groups is 1. The third kappa shape index (κ3) is 5.39. The van der Waals surface area contributed by atoms with E-state index in [2.05, 4.69) is 30.1 Å². The highest BCUT2D eigenvalue weighted by atomic mass is 16.5. The topological polar surface area (TPSA) is 41.6 Å². The lowest BCUT2D eigenvalue weighted by atomic mass is 10.2. The van der Waals surface area contributed by atoms with Gasteiger partial charge < -0.3 is 10.1 Å². The molecule has 1 N–H and O–H groups in total. The van der Waals surface area contributed by atoms with Gasteiger partial charge in [-0.2, -0.15) is 0 Å².